The fraction of sp³-hybridized carbons (Fsp3) is 0.519. The first kappa shape index (κ1) is 33.0. The molecule has 0 radical (unpaired) electrons. The zero-order valence-electron chi connectivity index (χ0n) is 23.3. The van der Waals surface area contributed by atoms with Crippen LogP contribution in [0, 0.1) is 0 Å². The summed E-state index contributed by atoms with van der Waals surface area (Å²) in [6, 6.07) is 4.45. The molecule has 3 atom stereocenters. The van der Waals surface area contributed by atoms with Gasteiger partial charge in [-0.1, -0.05) is 12.1 Å². The molecule has 0 unspecified atom stereocenters. The first-order valence-electron chi connectivity index (χ1n) is 13.8. The van der Waals surface area contributed by atoms with Crippen molar-refractivity contribution in [3.63, 3.8) is 0 Å². The smallest absolute Gasteiger partial charge is 0.272 e. The van der Waals surface area contributed by atoms with Crippen LogP contribution in [0.15, 0.2) is 35.5 Å². The third kappa shape index (κ3) is 11.8. The van der Waals surface area contributed by atoms with Crippen LogP contribution in [0.1, 0.15) is 61.9 Å². The number of unbranched alkanes of at least 4 members (excludes halogenated alkanes) is 2. The van der Waals surface area contributed by atoms with E-state index < -0.39 is 35.8 Å². The lowest BCUT2D eigenvalue weighted by atomic mass is 10.0. The molecule has 3 amide bonds. The Bertz CT molecular complexity index is 1170. The molecule has 224 valence electrons. The van der Waals surface area contributed by atoms with E-state index in [9.17, 15) is 19.2 Å². The molecular weight excluding hydrogens is 528 g/mol. The van der Waals surface area contributed by atoms with E-state index in [2.05, 4.69) is 30.9 Å². The third-order valence-electron chi connectivity index (χ3n) is 6.29. The Morgan fingerprint density at radius 3 is 2.05 bits per heavy atom. The zero-order chi connectivity index (χ0) is 30.0. The second kappa shape index (κ2) is 18.2. The predicted molar refractivity (Wildman–Crippen MR) is 156 cm³/mol. The topological polar surface area (TPSA) is 247 Å². The van der Waals surface area contributed by atoms with E-state index in [1.807, 2.05) is 6.07 Å². The maximum Gasteiger partial charge on any atom is 0.272 e. The van der Waals surface area contributed by atoms with Crippen LogP contribution in [0.25, 0.3) is 11.0 Å². The first-order chi connectivity index (χ1) is 19.8. The fourth-order valence-corrected chi connectivity index (χ4v) is 4.07. The van der Waals surface area contributed by atoms with Crippen molar-refractivity contribution >= 4 is 41.0 Å². The van der Waals surface area contributed by atoms with Crippen LogP contribution in [-0.4, -0.2) is 77.7 Å². The Hall–Kier alpha value is -4.17. The SMILES string of the molecule is NCCCC[C@H](NC(=O)c1cnc2ccccc2n1)C(=O)N[C@@H](CCCCN)C(=O)N[C@H](C=O)CCCN=C(N)N. The maximum atomic E-state index is 13.4. The number of nitrogens with two attached hydrogens (primary N) is 4. The van der Waals surface area contributed by atoms with Gasteiger partial charge in [-0.15, -0.1) is 0 Å². The molecule has 1 aromatic carbocycles. The molecule has 14 nitrogen and oxygen atoms in total. The predicted octanol–water partition coefficient (Wildman–Crippen LogP) is -0.792. The van der Waals surface area contributed by atoms with E-state index in [1.54, 1.807) is 18.2 Å². The van der Waals surface area contributed by atoms with Gasteiger partial charge in [0.2, 0.25) is 11.8 Å². The quantitative estimate of drug-likeness (QED) is 0.0480. The number of aliphatic imine (C=N–C) groups is 1. The van der Waals surface area contributed by atoms with Crippen molar-refractivity contribution in [1.82, 2.24) is 25.9 Å². The van der Waals surface area contributed by atoms with Crippen molar-refractivity contribution < 1.29 is 19.2 Å². The molecule has 1 heterocycles. The van der Waals surface area contributed by atoms with Gasteiger partial charge in [-0.05, 0) is 76.6 Å². The first-order valence-corrected chi connectivity index (χ1v) is 13.8. The Kier molecular flexibility index (Phi) is 14.7. The van der Waals surface area contributed by atoms with Gasteiger partial charge in [-0.2, -0.15) is 0 Å². The Balaban J connectivity index is 2.13. The van der Waals surface area contributed by atoms with Gasteiger partial charge in [0, 0.05) is 6.54 Å². The normalized spacial score (nSPS) is 13.0. The average molecular weight is 571 g/mol. The number of nitrogens with one attached hydrogen (secondary N) is 3. The number of para-hydroxylation sites is 2. The second-order valence-electron chi connectivity index (χ2n) is 9.60. The number of guanidine groups is 1. The number of amides is 3. The zero-order valence-corrected chi connectivity index (χ0v) is 23.3. The van der Waals surface area contributed by atoms with Crippen molar-refractivity contribution in [2.24, 2.45) is 27.9 Å². The summed E-state index contributed by atoms with van der Waals surface area (Å²) in [6.45, 7) is 1.17. The van der Waals surface area contributed by atoms with E-state index >= 15 is 0 Å². The van der Waals surface area contributed by atoms with Crippen LogP contribution in [-0.2, 0) is 14.4 Å². The van der Waals surface area contributed by atoms with Gasteiger partial charge >= 0.3 is 0 Å². The molecule has 0 aliphatic rings. The van der Waals surface area contributed by atoms with Crippen LogP contribution in [0.4, 0.5) is 0 Å². The second-order valence-corrected chi connectivity index (χ2v) is 9.60. The average Bonchev–Trinajstić information content (AvgIpc) is 2.97. The summed E-state index contributed by atoms with van der Waals surface area (Å²) >= 11 is 0. The number of benzene rings is 1. The Labute approximate surface area is 239 Å². The number of fused-ring (bicyclic) bond motifs is 1. The van der Waals surface area contributed by atoms with Gasteiger partial charge in [0.05, 0.1) is 23.3 Å². The fourth-order valence-electron chi connectivity index (χ4n) is 4.07. The standard InChI is InChI=1S/C27H42N10O4/c28-13-5-3-11-21(24(39)34-18(17-38)8-7-15-32-27(30)31)36-25(40)22(12-4-6-14-29)37-26(41)23-16-33-19-9-1-2-10-20(19)35-23/h1-2,9-10,16-18,21-22H,3-8,11-15,28-29H2,(H,34,39)(H,36,40)(H,37,41)(H4,30,31,32)/t18-,21-,22-/m0/s1. The summed E-state index contributed by atoms with van der Waals surface area (Å²) < 4.78 is 0. The van der Waals surface area contributed by atoms with Crippen molar-refractivity contribution in [2.45, 2.75) is 69.5 Å². The minimum atomic E-state index is -0.950. The van der Waals surface area contributed by atoms with Crippen LogP contribution < -0.4 is 38.9 Å². The van der Waals surface area contributed by atoms with Gasteiger partial charge in [0.15, 0.2) is 5.96 Å². The van der Waals surface area contributed by atoms with E-state index in [4.69, 9.17) is 22.9 Å². The largest absolute Gasteiger partial charge is 0.370 e. The van der Waals surface area contributed by atoms with E-state index in [1.165, 1.54) is 6.20 Å². The van der Waals surface area contributed by atoms with E-state index in [-0.39, 0.29) is 11.7 Å². The maximum absolute atomic E-state index is 13.4. The summed E-state index contributed by atoms with van der Waals surface area (Å²) in [5, 5.41) is 8.16. The number of hydrogen-bond donors (Lipinski definition) is 7. The highest BCUT2D eigenvalue weighted by molar-refractivity contribution is 5.98. The number of carbonyl (C=O) groups is 4. The molecule has 14 heteroatoms. The molecule has 41 heavy (non-hydrogen) atoms. The van der Waals surface area contributed by atoms with Gasteiger partial charge in [-0.3, -0.25) is 24.4 Å². The number of hydrogen-bond acceptors (Lipinski definition) is 9. The Morgan fingerprint density at radius 1 is 0.829 bits per heavy atom. The summed E-state index contributed by atoms with van der Waals surface area (Å²) in [7, 11) is 0. The number of nitrogens with zero attached hydrogens (tertiary/aromatic N) is 3. The molecule has 2 rings (SSSR count). The molecule has 0 aliphatic carbocycles. The number of aldehydes is 1. The highest BCUT2D eigenvalue weighted by Crippen LogP contribution is 2.10. The van der Waals surface area contributed by atoms with Crippen LogP contribution in [0.5, 0.6) is 0 Å². The summed E-state index contributed by atoms with van der Waals surface area (Å²) in [4.78, 5) is 63.6. The monoisotopic (exact) mass is 570 g/mol. The molecule has 2 aromatic rings. The van der Waals surface area contributed by atoms with Crippen molar-refractivity contribution in [2.75, 3.05) is 19.6 Å². The molecule has 0 saturated carbocycles. The van der Waals surface area contributed by atoms with Gasteiger partial charge in [-0.25, -0.2) is 4.98 Å². The van der Waals surface area contributed by atoms with Gasteiger partial charge < -0.3 is 43.7 Å². The van der Waals surface area contributed by atoms with Crippen LogP contribution >= 0.6 is 0 Å². The molecule has 0 saturated heterocycles. The molecule has 0 bridgehead atoms. The molecule has 0 aliphatic heterocycles. The minimum absolute atomic E-state index is 0.0554. The number of carbonyl (C=O) groups excluding carboxylic acids is 4. The molecule has 1 aromatic heterocycles. The van der Waals surface area contributed by atoms with Crippen molar-refractivity contribution in [1.29, 1.82) is 0 Å². The minimum Gasteiger partial charge on any atom is -0.370 e. The van der Waals surface area contributed by atoms with Crippen molar-refractivity contribution in [3.05, 3.63) is 36.2 Å². The van der Waals surface area contributed by atoms with Gasteiger partial charge in [0.25, 0.3) is 5.91 Å². The van der Waals surface area contributed by atoms with Crippen LogP contribution in [0.2, 0.25) is 0 Å². The molecule has 0 spiro atoms. The molecular formula is C27H42N10O4. The highest BCUT2D eigenvalue weighted by Gasteiger charge is 2.28. The van der Waals surface area contributed by atoms with Gasteiger partial charge in [0.1, 0.15) is 24.1 Å². The lowest BCUT2D eigenvalue weighted by Gasteiger charge is -2.24. The molecule has 0 fully saturated rings. The number of aromatic nitrogens is 2. The van der Waals surface area contributed by atoms with Crippen molar-refractivity contribution in [3.8, 4) is 0 Å². The highest BCUT2D eigenvalue weighted by atomic mass is 16.2. The lowest BCUT2D eigenvalue weighted by Crippen LogP contribution is -2.55. The Morgan fingerprint density at radius 2 is 1.44 bits per heavy atom. The summed E-state index contributed by atoms with van der Waals surface area (Å²) in [6.07, 6.45) is 5.81. The van der Waals surface area contributed by atoms with E-state index in [0.717, 1.165) is 0 Å². The van der Waals surface area contributed by atoms with Crippen LogP contribution in [0.3, 0.4) is 0 Å². The lowest BCUT2D eigenvalue weighted by molar-refractivity contribution is -0.131. The number of rotatable bonds is 19. The summed E-state index contributed by atoms with van der Waals surface area (Å²) in [5.74, 6) is -1.67. The summed E-state index contributed by atoms with van der Waals surface area (Å²) in [5.41, 5.74) is 23.1. The van der Waals surface area contributed by atoms with E-state index in [0.29, 0.717) is 88.3 Å². The molecule has 11 N–H and O–H groups in total. The third-order valence-corrected chi connectivity index (χ3v) is 6.29.